The summed E-state index contributed by atoms with van der Waals surface area (Å²) in [6.07, 6.45) is 17.0. The molecule has 0 saturated heterocycles. The number of hydrogen-bond donors (Lipinski definition) is 2. The summed E-state index contributed by atoms with van der Waals surface area (Å²) in [4.78, 5) is 22.4. The molecule has 0 aliphatic heterocycles. The molecule has 0 unspecified atom stereocenters. The number of hydrogen-bond acceptors (Lipinski definition) is 3. The minimum absolute atomic E-state index is 0.0435. The Balaban J connectivity index is 2.38. The first kappa shape index (κ1) is 20.4. The van der Waals surface area contributed by atoms with Crippen molar-refractivity contribution in [1.29, 1.82) is 0 Å². The van der Waals surface area contributed by atoms with Crippen molar-refractivity contribution in [3.63, 3.8) is 0 Å². The van der Waals surface area contributed by atoms with Gasteiger partial charge in [-0.1, -0.05) is 56.6 Å². The van der Waals surface area contributed by atoms with E-state index in [0.29, 0.717) is 12.8 Å². The molecule has 0 aromatic carbocycles. The van der Waals surface area contributed by atoms with Gasteiger partial charge in [-0.05, 0) is 31.8 Å². The number of aliphatic carboxylic acids is 1. The van der Waals surface area contributed by atoms with Gasteiger partial charge in [0.05, 0.1) is 6.10 Å². The zero-order chi connectivity index (χ0) is 17.8. The first-order valence-corrected chi connectivity index (χ1v) is 8.99. The van der Waals surface area contributed by atoms with Gasteiger partial charge < -0.3 is 10.2 Å². The largest absolute Gasteiger partial charge is 0.481 e. The molecular formula is C20H30O4. The van der Waals surface area contributed by atoms with Crippen LogP contribution >= 0.6 is 0 Å². The van der Waals surface area contributed by atoms with E-state index in [1.807, 2.05) is 30.4 Å². The van der Waals surface area contributed by atoms with Crippen molar-refractivity contribution in [2.24, 2.45) is 11.8 Å². The number of carbonyl (C=O) groups excluding carboxylic acids is 1. The normalized spacial score (nSPS) is 22.0. The molecule has 0 saturated carbocycles. The second-order valence-corrected chi connectivity index (χ2v) is 6.39. The topological polar surface area (TPSA) is 74.6 Å². The number of aliphatic hydroxyl groups is 1. The molecule has 0 aromatic rings. The Hall–Kier alpha value is -1.68. The molecule has 0 heterocycles. The van der Waals surface area contributed by atoms with Gasteiger partial charge in [0.25, 0.3) is 0 Å². The fourth-order valence-electron chi connectivity index (χ4n) is 2.81. The fourth-order valence-corrected chi connectivity index (χ4v) is 2.81. The average Bonchev–Trinajstić information content (AvgIpc) is 2.89. The van der Waals surface area contributed by atoms with Crippen LogP contribution in [0.25, 0.3) is 0 Å². The second kappa shape index (κ2) is 11.8. The van der Waals surface area contributed by atoms with E-state index in [0.717, 1.165) is 32.1 Å². The Morgan fingerprint density at radius 2 is 2.08 bits per heavy atom. The molecule has 24 heavy (non-hydrogen) atoms. The van der Waals surface area contributed by atoms with Crippen LogP contribution in [-0.4, -0.2) is 28.1 Å². The molecular weight excluding hydrogens is 304 g/mol. The predicted molar refractivity (Wildman–Crippen MR) is 95.7 cm³/mol. The lowest BCUT2D eigenvalue weighted by Crippen LogP contribution is -2.14. The van der Waals surface area contributed by atoms with E-state index in [1.165, 1.54) is 0 Å². The van der Waals surface area contributed by atoms with Crippen molar-refractivity contribution in [1.82, 2.24) is 0 Å². The highest BCUT2D eigenvalue weighted by molar-refractivity contribution is 5.95. The highest BCUT2D eigenvalue weighted by Gasteiger charge is 2.27. The molecule has 0 aromatic heterocycles. The molecule has 0 spiro atoms. The number of carboxylic acids is 1. The second-order valence-electron chi connectivity index (χ2n) is 6.39. The van der Waals surface area contributed by atoms with Crippen molar-refractivity contribution < 1.29 is 19.8 Å². The molecule has 4 heteroatoms. The van der Waals surface area contributed by atoms with E-state index in [4.69, 9.17) is 5.11 Å². The van der Waals surface area contributed by atoms with Crippen molar-refractivity contribution >= 4 is 11.8 Å². The Morgan fingerprint density at radius 1 is 1.29 bits per heavy atom. The molecule has 3 atom stereocenters. The van der Waals surface area contributed by atoms with Crippen LogP contribution in [0.3, 0.4) is 0 Å². The smallest absolute Gasteiger partial charge is 0.303 e. The minimum Gasteiger partial charge on any atom is -0.481 e. The van der Waals surface area contributed by atoms with Crippen LogP contribution in [0.2, 0.25) is 0 Å². The van der Waals surface area contributed by atoms with Crippen LogP contribution in [0.1, 0.15) is 58.3 Å². The number of carbonyl (C=O) groups is 2. The van der Waals surface area contributed by atoms with E-state index >= 15 is 0 Å². The van der Waals surface area contributed by atoms with E-state index in [2.05, 4.69) is 6.92 Å². The quantitative estimate of drug-likeness (QED) is 0.417. The highest BCUT2D eigenvalue weighted by Crippen LogP contribution is 2.27. The van der Waals surface area contributed by atoms with Gasteiger partial charge >= 0.3 is 5.97 Å². The van der Waals surface area contributed by atoms with Crippen LogP contribution in [0.15, 0.2) is 36.5 Å². The van der Waals surface area contributed by atoms with Gasteiger partial charge in [-0.25, -0.2) is 0 Å². The maximum Gasteiger partial charge on any atom is 0.303 e. The van der Waals surface area contributed by atoms with Crippen molar-refractivity contribution in [2.45, 2.75) is 64.4 Å². The van der Waals surface area contributed by atoms with Gasteiger partial charge in [-0.3, -0.25) is 9.59 Å². The van der Waals surface area contributed by atoms with Crippen LogP contribution in [0, 0.1) is 11.8 Å². The van der Waals surface area contributed by atoms with Crippen molar-refractivity contribution in [3.8, 4) is 0 Å². The molecule has 0 radical (unpaired) electrons. The predicted octanol–water partition coefficient (Wildman–Crippen LogP) is 4.06. The van der Waals surface area contributed by atoms with E-state index in [-0.39, 0.29) is 24.0 Å². The number of unbranched alkanes of at least 4 members (excludes halogenated alkanes) is 3. The molecule has 2 N–H and O–H groups in total. The van der Waals surface area contributed by atoms with Crippen LogP contribution < -0.4 is 0 Å². The number of carboxylic acid groups (broad SMARTS) is 1. The summed E-state index contributed by atoms with van der Waals surface area (Å²) in [7, 11) is 0. The van der Waals surface area contributed by atoms with Crippen molar-refractivity contribution in [2.75, 3.05) is 0 Å². The molecule has 0 fully saturated rings. The summed E-state index contributed by atoms with van der Waals surface area (Å²) in [6, 6.07) is 0. The standard InChI is InChI=1S/C20H30O4/c1-2-3-6-9-17(21)14-12-16-13-15-19(22)18(16)10-7-4-5-8-11-20(23)24/h4,7,12-18,21H,2-3,5-6,8-11H2,1H3,(H,23,24)/b7-4-,14-12+/t16-,17-,18-/m1/s1. The van der Waals surface area contributed by atoms with Gasteiger partial charge in [0.2, 0.25) is 0 Å². The van der Waals surface area contributed by atoms with E-state index < -0.39 is 12.1 Å². The summed E-state index contributed by atoms with van der Waals surface area (Å²) < 4.78 is 0. The molecule has 1 aliphatic carbocycles. The third kappa shape index (κ3) is 8.25. The summed E-state index contributed by atoms with van der Waals surface area (Å²) in [5, 5.41) is 18.5. The number of rotatable bonds is 12. The molecule has 0 amide bonds. The third-order valence-electron chi connectivity index (χ3n) is 4.29. The van der Waals surface area contributed by atoms with E-state index in [1.54, 1.807) is 6.08 Å². The lowest BCUT2D eigenvalue weighted by atomic mass is 9.90. The molecule has 0 bridgehead atoms. The average molecular weight is 334 g/mol. The number of aliphatic hydroxyl groups excluding tert-OH is 1. The van der Waals surface area contributed by atoms with Crippen LogP contribution in [-0.2, 0) is 9.59 Å². The SMILES string of the molecule is CCCCC[C@@H](O)/C=C/[C@@H]1C=CC(=O)[C@@H]1C/C=C\CCCC(=O)O. The first-order valence-electron chi connectivity index (χ1n) is 8.99. The number of ketones is 1. The van der Waals surface area contributed by atoms with Gasteiger partial charge in [-0.2, -0.15) is 0 Å². The van der Waals surface area contributed by atoms with Crippen LogP contribution in [0.4, 0.5) is 0 Å². The lowest BCUT2D eigenvalue weighted by Gasteiger charge is -2.13. The molecule has 134 valence electrons. The fraction of sp³-hybridized carbons (Fsp3) is 0.600. The summed E-state index contributed by atoms with van der Waals surface area (Å²) in [5.74, 6) is -0.705. The monoisotopic (exact) mass is 334 g/mol. The maximum absolute atomic E-state index is 12.0. The summed E-state index contributed by atoms with van der Waals surface area (Å²) in [6.45, 7) is 2.14. The van der Waals surface area contributed by atoms with Gasteiger partial charge in [0.15, 0.2) is 5.78 Å². The molecule has 4 nitrogen and oxygen atoms in total. The lowest BCUT2D eigenvalue weighted by molar-refractivity contribution is -0.137. The summed E-state index contributed by atoms with van der Waals surface area (Å²) >= 11 is 0. The Labute approximate surface area is 145 Å². The highest BCUT2D eigenvalue weighted by atomic mass is 16.4. The first-order chi connectivity index (χ1) is 11.5. The van der Waals surface area contributed by atoms with Gasteiger partial charge in [0, 0.05) is 18.3 Å². The van der Waals surface area contributed by atoms with Crippen molar-refractivity contribution in [3.05, 3.63) is 36.5 Å². The molecule has 1 rings (SSSR count). The Bertz CT molecular complexity index is 476. The minimum atomic E-state index is -0.777. The maximum atomic E-state index is 12.0. The number of allylic oxidation sites excluding steroid dienone is 5. The zero-order valence-corrected chi connectivity index (χ0v) is 14.6. The van der Waals surface area contributed by atoms with Gasteiger partial charge in [0.1, 0.15) is 0 Å². The summed E-state index contributed by atoms with van der Waals surface area (Å²) in [5.41, 5.74) is 0. The van der Waals surface area contributed by atoms with Crippen LogP contribution in [0.5, 0.6) is 0 Å². The Kier molecular flexibility index (Phi) is 10.0. The molecule has 1 aliphatic rings. The van der Waals surface area contributed by atoms with Gasteiger partial charge in [-0.15, -0.1) is 0 Å². The van der Waals surface area contributed by atoms with E-state index in [9.17, 15) is 14.7 Å². The third-order valence-corrected chi connectivity index (χ3v) is 4.29. The zero-order valence-electron chi connectivity index (χ0n) is 14.6. The Morgan fingerprint density at radius 3 is 2.79 bits per heavy atom.